The molecule has 0 saturated heterocycles. The van der Waals surface area contributed by atoms with Crippen LogP contribution in [0.15, 0.2) is 41.9 Å². The summed E-state index contributed by atoms with van der Waals surface area (Å²) >= 11 is 0. The van der Waals surface area contributed by atoms with Crippen LogP contribution in [0.4, 0.5) is 0 Å². The molecule has 0 radical (unpaired) electrons. The number of nitrogens with zero attached hydrogens (tertiary/aromatic N) is 4. The van der Waals surface area contributed by atoms with Crippen molar-refractivity contribution in [2.75, 3.05) is 13.7 Å². The molecule has 3 aromatic rings. The van der Waals surface area contributed by atoms with Crippen molar-refractivity contribution in [3.63, 3.8) is 0 Å². The van der Waals surface area contributed by atoms with Gasteiger partial charge in [0.15, 0.2) is 5.65 Å². The number of carbonyl (C=O) groups is 1. The summed E-state index contributed by atoms with van der Waals surface area (Å²) in [5, 5.41) is 4.34. The highest BCUT2D eigenvalue weighted by atomic mass is 16.5. The fraction of sp³-hybridized carbons (Fsp3) is 0.300. The second-order valence-corrected chi connectivity index (χ2v) is 6.39. The van der Waals surface area contributed by atoms with Gasteiger partial charge in [-0.3, -0.25) is 0 Å². The highest BCUT2D eigenvalue weighted by Gasteiger charge is 2.38. The topological polar surface area (TPSA) is 87.8 Å². The first kappa shape index (κ1) is 18.0. The molecule has 0 saturated carbocycles. The molecule has 8 heteroatoms. The minimum atomic E-state index is -0.450. The van der Waals surface area contributed by atoms with Crippen LogP contribution in [0, 0.1) is 6.92 Å². The Kier molecular flexibility index (Phi) is 4.46. The lowest BCUT2D eigenvalue weighted by molar-refractivity contribution is -0.139. The quantitative estimate of drug-likeness (QED) is 0.643. The summed E-state index contributed by atoms with van der Waals surface area (Å²) in [6.07, 6.45) is 1.56. The predicted molar refractivity (Wildman–Crippen MR) is 100 cm³/mol. The van der Waals surface area contributed by atoms with Gasteiger partial charge < -0.3 is 14.2 Å². The van der Waals surface area contributed by atoms with Crippen LogP contribution in [0.3, 0.4) is 0 Å². The molecule has 1 atom stereocenters. The van der Waals surface area contributed by atoms with Gasteiger partial charge in [-0.15, -0.1) is 0 Å². The molecular weight excluding hydrogens is 360 g/mol. The minimum absolute atomic E-state index is 0.268. The standard InChI is InChI=1S/C20H20N4O4/c1-5-27-20(25)15-11(2)28-19-17(18-22-12(3)23-24(18)10-21-19)16(15)13-6-8-14(26-4)9-7-13/h6-10,16H,5H2,1-4H3/t16-/m1/s1. The van der Waals surface area contributed by atoms with Gasteiger partial charge >= 0.3 is 5.97 Å². The first-order valence-corrected chi connectivity index (χ1v) is 8.95. The molecule has 1 aliphatic rings. The summed E-state index contributed by atoms with van der Waals surface area (Å²) < 4.78 is 18.1. The van der Waals surface area contributed by atoms with E-state index in [4.69, 9.17) is 14.2 Å². The Labute approximate surface area is 161 Å². The molecule has 0 bridgehead atoms. The molecule has 0 aliphatic carbocycles. The van der Waals surface area contributed by atoms with Crippen molar-refractivity contribution in [1.29, 1.82) is 0 Å². The maximum Gasteiger partial charge on any atom is 0.338 e. The third-order valence-electron chi connectivity index (χ3n) is 4.64. The van der Waals surface area contributed by atoms with E-state index in [1.54, 1.807) is 38.7 Å². The van der Waals surface area contributed by atoms with E-state index in [0.717, 1.165) is 11.3 Å². The van der Waals surface area contributed by atoms with Gasteiger partial charge in [0.1, 0.15) is 23.7 Å². The number of rotatable bonds is 4. The number of methoxy groups -OCH3 is 1. The summed E-state index contributed by atoms with van der Waals surface area (Å²) in [5.41, 5.74) is 2.58. The molecule has 0 unspecified atom stereocenters. The average Bonchev–Trinajstić information content (AvgIpc) is 3.07. The van der Waals surface area contributed by atoms with Crippen molar-refractivity contribution < 1.29 is 19.0 Å². The summed E-state index contributed by atoms with van der Waals surface area (Å²) in [6, 6.07) is 7.53. The Morgan fingerprint density at radius 2 is 2.00 bits per heavy atom. The summed E-state index contributed by atoms with van der Waals surface area (Å²) in [6.45, 7) is 5.59. The first-order valence-electron chi connectivity index (χ1n) is 8.95. The largest absolute Gasteiger partial charge is 0.497 e. The summed E-state index contributed by atoms with van der Waals surface area (Å²) in [7, 11) is 1.61. The van der Waals surface area contributed by atoms with Crippen molar-refractivity contribution >= 4 is 11.6 Å². The highest BCUT2D eigenvalue weighted by Crippen LogP contribution is 2.44. The fourth-order valence-corrected chi connectivity index (χ4v) is 3.45. The third kappa shape index (κ3) is 2.87. The smallest absolute Gasteiger partial charge is 0.338 e. The lowest BCUT2D eigenvalue weighted by Crippen LogP contribution is -2.24. The lowest BCUT2D eigenvalue weighted by atomic mass is 9.83. The van der Waals surface area contributed by atoms with E-state index in [1.165, 1.54) is 0 Å². The van der Waals surface area contributed by atoms with Crippen molar-refractivity contribution in [3.8, 4) is 11.6 Å². The van der Waals surface area contributed by atoms with E-state index < -0.39 is 11.9 Å². The van der Waals surface area contributed by atoms with Gasteiger partial charge in [-0.25, -0.2) is 19.3 Å². The van der Waals surface area contributed by atoms with Crippen molar-refractivity contribution in [2.45, 2.75) is 26.7 Å². The number of benzene rings is 1. The van der Waals surface area contributed by atoms with Gasteiger partial charge in [0.2, 0.25) is 5.88 Å². The zero-order chi connectivity index (χ0) is 19.8. The molecule has 0 N–H and O–H groups in total. The monoisotopic (exact) mass is 380 g/mol. The van der Waals surface area contributed by atoms with Gasteiger partial charge in [-0.1, -0.05) is 12.1 Å². The number of ether oxygens (including phenoxy) is 3. The van der Waals surface area contributed by atoms with Gasteiger partial charge in [0.25, 0.3) is 0 Å². The van der Waals surface area contributed by atoms with Crippen LogP contribution in [0.1, 0.15) is 36.7 Å². The number of hydrogen-bond acceptors (Lipinski definition) is 7. The maximum atomic E-state index is 12.8. The normalized spacial score (nSPS) is 15.9. The molecule has 3 heterocycles. The van der Waals surface area contributed by atoms with Crippen LogP contribution in [-0.2, 0) is 9.53 Å². The summed E-state index contributed by atoms with van der Waals surface area (Å²) in [5.74, 6) is 1.32. The molecule has 0 spiro atoms. The Bertz CT molecular complexity index is 1090. The lowest BCUT2D eigenvalue weighted by Gasteiger charge is -2.28. The fourth-order valence-electron chi connectivity index (χ4n) is 3.45. The molecule has 144 valence electrons. The molecule has 2 aromatic heterocycles. The number of carbonyl (C=O) groups excluding carboxylic acids is 1. The number of allylic oxidation sites excluding steroid dienone is 1. The molecule has 0 fully saturated rings. The second kappa shape index (κ2) is 6.95. The molecule has 1 aromatic carbocycles. The number of aromatic nitrogens is 4. The Morgan fingerprint density at radius 1 is 1.25 bits per heavy atom. The van der Waals surface area contributed by atoms with E-state index in [1.807, 2.05) is 24.3 Å². The van der Waals surface area contributed by atoms with E-state index in [0.29, 0.717) is 34.2 Å². The average molecular weight is 380 g/mol. The highest BCUT2D eigenvalue weighted by molar-refractivity contribution is 5.93. The predicted octanol–water partition coefficient (Wildman–Crippen LogP) is 2.80. The van der Waals surface area contributed by atoms with Crippen LogP contribution < -0.4 is 9.47 Å². The van der Waals surface area contributed by atoms with E-state index in [-0.39, 0.29) is 6.61 Å². The first-order chi connectivity index (χ1) is 13.5. The number of aryl methyl sites for hydroxylation is 1. The zero-order valence-corrected chi connectivity index (χ0v) is 16.1. The van der Waals surface area contributed by atoms with Crippen molar-refractivity contribution in [2.24, 2.45) is 0 Å². The van der Waals surface area contributed by atoms with Gasteiger partial charge in [-0.05, 0) is 38.5 Å². The number of esters is 1. The SMILES string of the molecule is CCOC(=O)C1=C(C)Oc2ncn3nc(C)nc3c2[C@@H]1c1ccc(OC)cc1. The molecule has 28 heavy (non-hydrogen) atoms. The van der Waals surface area contributed by atoms with Crippen molar-refractivity contribution in [1.82, 2.24) is 19.6 Å². The molecule has 4 rings (SSSR count). The number of fused-ring (bicyclic) bond motifs is 3. The molecular formula is C20H20N4O4. The Morgan fingerprint density at radius 3 is 2.68 bits per heavy atom. The van der Waals surface area contributed by atoms with Crippen molar-refractivity contribution in [3.05, 3.63) is 58.9 Å². The zero-order valence-electron chi connectivity index (χ0n) is 16.1. The van der Waals surface area contributed by atoms with Crippen LogP contribution >= 0.6 is 0 Å². The Hall–Kier alpha value is -3.42. The maximum absolute atomic E-state index is 12.8. The van der Waals surface area contributed by atoms with Crippen LogP contribution in [0.5, 0.6) is 11.6 Å². The summed E-state index contributed by atoms with van der Waals surface area (Å²) in [4.78, 5) is 21.7. The van der Waals surface area contributed by atoms with E-state index in [2.05, 4.69) is 15.1 Å². The second-order valence-electron chi connectivity index (χ2n) is 6.39. The van der Waals surface area contributed by atoms with Crippen LogP contribution in [0.25, 0.3) is 5.65 Å². The molecule has 0 amide bonds. The van der Waals surface area contributed by atoms with Gasteiger partial charge in [0, 0.05) is 0 Å². The minimum Gasteiger partial charge on any atom is -0.497 e. The molecule has 8 nitrogen and oxygen atoms in total. The Balaban J connectivity index is 1.98. The van der Waals surface area contributed by atoms with E-state index in [9.17, 15) is 4.79 Å². The molecule has 1 aliphatic heterocycles. The third-order valence-corrected chi connectivity index (χ3v) is 4.64. The number of hydrogen-bond donors (Lipinski definition) is 0. The van der Waals surface area contributed by atoms with Gasteiger partial charge in [-0.2, -0.15) is 5.10 Å². The van der Waals surface area contributed by atoms with Gasteiger partial charge in [0.05, 0.1) is 30.8 Å². The van der Waals surface area contributed by atoms with Crippen LogP contribution in [-0.4, -0.2) is 39.3 Å². The van der Waals surface area contributed by atoms with Crippen LogP contribution in [0.2, 0.25) is 0 Å². The van der Waals surface area contributed by atoms with E-state index >= 15 is 0 Å².